The van der Waals surface area contributed by atoms with Gasteiger partial charge in [-0.1, -0.05) is 34.1 Å². The van der Waals surface area contributed by atoms with Crippen LogP contribution in [-0.4, -0.2) is 48.4 Å². The van der Waals surface area contributed by atoms with Gasteiger partial charge in [-0.2, -0.15) is 0 Å². The second-order valence-corrected chi connectivity index (χ2v) is 9.90. The molecular formula is C26H28BrFN2O3S. The van der Waals surface area contributed by atoms with Gasteiger partial charge in [0.2, 0.25) is 5.91 Å². The van der Waals surface area contributed by atoms with Gasteiger partial charge < -0.3 is 14.5 Å². The predicted molar refractivity (Wildman–Crippen MR) is 136 cm³/mol. The van der Waals surface area contributed by atoms with Gasteiger partial charge in [-0.25, -0.2) is 4.39 Å². The maximum atomic E-state index is 13.5. The van der Waals surface area contributed by atoms with Crippen LogP contribution in [0, 0.1) is 12.7 Å². The van der Waals surface area contributed by atoms with Crippen molar-refractivity contribution in [1.82, 2.24) is 9.80 Å². The summed E-state index contributed by atoms with van der Waals surface area (Å²) in [5.41, 5.74) is 2.45. The molecule has 3 rings (SSSR count). The SMILES string of the molecule is COCCCN(CC(=O)N(Cc1ccc(F)cc1)Cc1sccc1C)C(=O)c1cccc(Br)c1. The summed E-state index contributed by atoms with van der Waals surface area (Å²) in [6.45, 7) is 3.60. The topological polar surface area (TPSA) is 49.9 Å². The van der Waals surface area contributed by atoms with Crippen LogP contribution in [0.25, 0.3) is 0 Å². The number of amides is 2. The maximum absolute atomic E-state index is 13.5. The van der Waals surface area contributed by atoms with Crippen molar-refractivity contribution < 1.29 is 18.7 Å². The van der Waals surface area contributed by atoms with Gasteiger partial charge in [0, 0.05) is 41.7 Å². The molecule has 0 aliphatic heterocycles. The Labute approximate surface area is 212 Å². The number of aryl methyl sites for hydroxylation is 1. The van der Waals surface area contributed by atoms with Crippen LogP contribution in [0.15, 0.2) is 64.5 Å². The van der Waals surface area contributed by atoms with Crippen molar-refractivity contribution in [2.45, 2.75) is 26.4 Å². The van der Waals surface area contributed by atoms with Crippen LogP contribution in [0.3, 0.4) is 0 Å². The highest BCUT2D eigenvalue weighted by atomic mass is 79.9. The first-order chi connectivity index (χ1) is 16.4. The van der Waals surface area contributed by atoms with Crippen molar-refractivity contribution in [3.05, 3.63) is 91.8 Å². The van der Waals surface area contributed by atoms with E-state index >= 15 is 0 Å². The molecule has 0 unspecified atom stereocenters. The average Bonchev–Trinajstić information content (AvgIpc) is 3.23. The van der Waals surface area contributed by atoms with Crippen LogP contribution in [0.4, 0.5) is 4.39 Å². The molecule has 5 nitrogen and oxygen atoms in total. The van der Waals surface area contributed by atoms with Crippen LogP contribution in [0.5, 0.6) is 0 Å². The maximum Gasteiger partial charge on any atom is 0.254 e. The minimum absolute atomic E-state index is 0.0549. The molecule has 2 aromatic carbocycles. The monoisotopic (exact) mass is 546 g/mol. The highest BCUT2D eigenvalue weighted by Crippen LogP contribution is 2.20. The molecule has 0 saturated carbocycles. The normalized spacial score (nSPS) is 10.8. The summed E-state index contributed by atoms with van der Waals surface area (Å²) >= 11 is 5.00. The molecule has 8 heteroatoms. The van der Waals surface area contributed by atoms with Crippen LogP contribution in [0.2, 0.25) is 0 Å². The molecule has 0 aliphatic rings. The summed E-state index contributed by atoms with van der Waals surface area (Å²) in [5.74, 6) is -0.697. The standard InChI is InChI=1S/C26H28BrFN2O3S/c1-19-11-14-34-24(19)17-30(16-20-7-9-23(28)10-8-20)25(31)18-29(12-4-13-33-2)26(32)21-5-3-6-22(27)15-21/h3,5-11,14-15H,4,12-13,16-18H2,1-2H3. The zero-order valence-electron chi connectivity index (χ0n) is 19.3. The summed E-state index contributed by atoms with van der Waals surface area (Å²) in [4.78, 5) is 31.2. The van der Waals surface area contributed by atoms with E-state index in [9.17, 15) is 14.0 Å². The van der Waals surface area contributed by atoms with Gasteiger partial charge in [0.1, 0.15) is 12.4 Å². The second kappa shape index (κ2) is 12.8. The molecule has 0 bridgehead atoms. The number of halogens is 2. The third-order valence-corrected chi connectivity index (χ3v) is 6.90. The minimum atomic E-state index is -0.320. The number of carbonyl (C=O) groups is 2. The van der Waals surface area contributed by atoms with E-state index in [0.717, 1.165) is 20.5 Å². The number of hydrogen-bond acceptors (Lipinski definition) is 4. The fourth-order valence-electron chi connectivity index (χ4n) is 3.50. The van der Waals surface area contributed by atoms with Gasteiger partial charge in [0.05, 0.1) is 6.54 Å². The van der Waals surface area contributed by atoms with Crippen LogP contribution in [0.1, 0.15) is 32.8 Å². The third-order valence-electron chi connectivity index (χ3n) is 5.40. The number of thiophene rings is 1. The lowest BCUT2D eigenvalue weighted by atomic mass is 10.1. The van der Waals surface area contributed by atoms with Crippen LogP contribution >= 0.6 is 27.3 Å². The average molecular weight is 547 g/mol. The Morgan fingerprint density at radius 1 is 1.06 bits per heavy atom. The van der Waals surface area contributed by atoms with E-state index in [-0.39, 0.29) is 24.2 Å². The Morgan fingerprint density at radius 2 is 1.82 bits per heavy atom. The highest BCUT2D eigenvalue weighted by molar-refractivity contribution is 9.10. The van der Waals surface area contributed by atoms with Crippen molar-refractivity contribution in [3.8, 4) is 0 Å². The predicted octanol–water partition coefficient (Wildman–Crippen LogP) is 5.67. The zero-order chi connectivity index (χ0) is 24.5. The van der Waals surface area contributed by atoms with Crippen LogP contribution in [-0.2, 0) is 22.6 Å². The van der Waals surface area contributed by atoms with Crippen molar-refractivity contribution >= 4 is 39.1 Å². The van der Waals surface area contributed by atoms with E-state index in [0.29, 0.717) is 38.2 Å². The van der Waals surface area contributed by atoms with E-state index in [2.05, 4.69) is 15.9 Å². The number of ether oxygens (including phenoxy) is 1. The molecule has 1 heterocycles. The molecule has 0 atom stereocenters. The van der Waals surface area contributed by atoms with E-state index in [1.54, 1.807) is 58.6 Å². The zero-order valence-corrected chi connectivity index (χ0v) is 21.7. The first kappa shape index (κ1) is 26.1. The Balaban J connectivity index is 1.82. The van der Waals surface area contributed by atoms with Gasteiger partial charge in [0.25, 0.3) is 5.91 Å². The van der Waals surface area contributed by atoms with Gasteiger partial charge in [-0.05, 0) is 66.2 Å². The molecule has 180 valence electrons. The molecule has 2 amide bonds. The number of carbonyl (C=O) groups excluding carboxylic acids is 2. The molecule has 0 fully saturated rings. The summed E-state index contributed by atoms with van der Waals surface area (Å²) in [5, 5.41) is 2.00. The molecule has 0 aliphatic carbocycles. The van der Waals surface area contributed by atoms with Crippen molar-refractivity contribution in [1.29, 1.82) is 0 Å². The van der Waals surface area contributed by atoms with E-state index in [4.69, 9.17) is 4.74 Å². The lowest BCUT2D eigenvalue weighted by Gasteiger charge is -2.28. The highest BCUT2D eigenvalue weighted by Gasteiger charge is 2.23. The van der Waals surface area contributed by atoms with Gasteiger partial charge in [-0.3, -0.25) is 9.59 Å². The van der Waals surface area contributed by atoms with Gasteiger partial charge >= 0.3 is 0 Å². The smallest absolute Gasteiger partial charge is 0.254 e. The number of nitrogens with zero attached hydrogens (tertiary/aromatic N) is 2. The van der Waals surface area contributed by atoms with Crippen molar-refractivity contribution in [2.24, 2.45) is 0 Å². The van der Waals surface area contributed by atoms with Crippen molar-refractivity contribution in [3.63, 3.8) is 0 Å². The molecular weight excluding hydrogens is 519 g/mol. The fraction of sp³-hybridized carbons (Fsp3) is 0.308. The molecule has 1 aromatic heterocycles. The Kier molecular flexibility index (Phi) is 9.80. The Hall–Kier alpha value is -2.55. The minimum Gasteiger partial charge on any atom is -0.385 e. The summed E-state index contributed by atoms with van der Waals surface area (Å²) in [6, 6.07) is 15.3. The lowest BCUT2D eigenvalue weighted by molar-refractivity contribution is -0.133. The largest absolute Gasteiger partial charge is 0.385 e. The quantitative estimate of drug-likeness (QED) is 0.291. The van der Waals surface area contributed by atoms with Crippen LogP contribution < -0.4 is 0 Å². The number of benzene rings is 2. The van der Waals surface area contributed by atoms with E-state index in [1.165, 1.54) is 12.1 Å². The second-order valence-electron chi connectivity index (χ2n) is 7.99. The molecule has 0 spiro atoms. The molecule has 0 N–H and O–H groups in total. The molecule has 0 radical (unpaired) electrons. The number of rotatable bonds is 11. The number of methoxy groups -OCH3 is 1. The fourth-order valence-corrected chi connectivity index (χ4v) is 4.82. The first-order valence-electron chi connectivity index (χ1n) is 11.0. The lowest BCUT2D eigenvalue weighted by Crippen LogP contribution is -2.43. The van der Waals surface area contributed by atoms with E-state index in [1.807, 2.05) is 24.4 Å². The van der Waals surface area contributed by atoms with Gasteiger partial charge in [0.15, 0.2) is 0 Å². The summed E-state index contributed by atoms with van der Waals surface area (Å²) < 4.78 is 19.4. The number of hydrogen-bond donors (Lipinski definition) is 0. The summed E-state index contributed by atoms with van der Waals surface area (Å²) in [6.07, 6.45) is 0.617. The molecule has 34 heavy (non-hydrogen) atoms. The Morgan fingerprint density at radius 3 is 2.47 bits per heavy atom. The molecule has 3 aromatic rings. The summed E-state index contributed by atoms with van der Waals surface area (Å²) in [7, 11) is 1.61. The first-order valence-corrected chi connectivity index (χ1v) is 12.6. The molecule has 0 saturated heterocycles. The Bertz CT molecular complexity index is 1100. The van der Waals surface area contributed by atoms with Crippen molar-refractivity contribution in [2.75, 3.05) is 26.8 Å². The van der Waals surface area contributed by atoms with Gasteiger partial charge in [-0.15, -0.1) is 11.3 Å². The third kappa shape index (κ3) is 7.48. The van der Waals surface area contributed by atoms with E-state index < -0.39 is 0 Å².